The molecule has 2 aromatic carbocycles. The first kappa shape index (κ1) is 21.2. The Kier molecular flexibility index (Phi) is 6.44. The number of piperidine rings is 1. The number of amides is 3. The van der Waals surface area contributed by atoms with Crippen LogP contribution in [0.1, 0.15) is 42.0 Å². The minimum atomic E-state index is -0.206. The number of nitrogens with zero attached hydrogens (tertiary/aromatic N) is 2. The molecule has 0 aliphatic carbocycles. The number of hydrogen-bond donors (Lipinski definition) is 1. The lowest BCUT2D eigenvalue weighted by atomic mass is 9.92. The van der Waals surface area contributed by atoms with E-state index in [9.17, 15) is 9.59 Å². The monoisotopic (exact) mass is 421 g/mol. The fourth-order valence-corrected chi connectivity index (χ4v) is 4.44. The number of rotatable bonds is 4. The predicted molar refractivity (Wildman–Crippen MR) is 120 cm³/mol. The van der Waals surface area contributed by atoms with Crippen LogP contribution in [-0.4, -0.2) is 55.5 Å². The molecule has 2 aliphatic heterocycles. The Morgan fingerprint density at radius 1 is 1.06 bits per heavy atom. The molecule has 0 saturated carbocycles. The largest absolute Gasteiger partial charge is 0.493 e. The summed E-state index contributed by atoms with van der Waals surface area (Å²) in [6.07, 6.45) is 3.38. The van der Waals surface area contributed by atoms with Crippen molar-refractivity contribution in [2.24, 2.45) is 5.92 Å². The number of fused-ring (bicyclic) bond motifs is 1. The maximum Gasteiger partial charge on any atom is 0.319 e. The van der Waals surface area contributed by atoms with Crippen LogP contribution in [0.2, 0.25) is 0 Å². The average Bonchev–Trinajstić information content (AvgIpc) is 2.82. The van der Waals surface area contributed by atoms with Crippen LogP contribution in [0.5, 0.6) is 5.75 Å². The molecule has 4 rings (SSSR count). The van der Waals surface area contributed by atoms with Crippen LogP contribution < -0.4 is 10.1 Å². The third-order valence-corrected chi connectivity index (χ3v) is 6.20. The Hall–Kier alpha value is -3.02. The van der Waals surface area contributed by atoms with Gasteiger partial charge in [0, 0.05) is 33.1 Å². The summed E-state index contributed by atoms with van der Waals surface area (Å²) in [5.74, 6) is 0.921. The molecule has 164 valence electrons. The van der Waals surface area contributed by atoms with Gasteiger partial charge in [-0.25, -0.2) is 4.79 Å². The predicted octanol–water partition coefficient (Wildman–Crippen LogP) is 3.61. The number of likely N-dealkylation sites (tertiary alicyclic amines) is 1. The smallest absolute Gasteiger partial charge is 0.319 e. The number of ether oxygens (including phenoxy) is 1. The van der Waals surface area contributed by atoms with Gasteiger partial charge in [0.15, 0.2) is 0 Å². The van der Waals surface area contributed by atoms with Crippen LogP contribution in [0.3, 0.4) is 0 Å². The van der Waals surface area contributed by atoms with Crippen molar-refractivity contribution in [2.75, 3.05) is 33.8 Å². The molecule has 2 heterocycles. The molecule has 3 amide bonds. The van der Waals surface area contributed by atoms with Gasteiger partial charge in [-0.1, -0.05) is 36.4 Å². The van der Waals surface area contributed by atoms with Gasteiger partial charge in [-0.05, 0) is 54.5 Å². The van der Waals surface area contributed by atoms with E-state index in [0.29, 0.717) is 25.9 Å². The van der Waals surface area contributed by atoms with Gasteiger partial charge in [0.05, 0.1) is 12.6 Å². The van der Waals surface area contributed by atoms with E-state index >= 15 is 0 Å². The molecule has 1 saturated heterocycles. The average molecular weight is 422 g/mol. The minimum Gasteiger partial charge on any atom is -0.493 e. The van der Waals surface area contributed by atoms with E-state index in [4.69, 9.17) is 4.74 Å². The van der Waals surface area contributed by atoms with Crippen molar-refractivity contribution in [3.8, 4) is 5.75 Å². The van der Waals surface area contributed by atoms with Crippen LogP contribution in [0.15, 0.2) is 48.5 Å². The summed E-state index contributed by atoms with van der Waals surface area (Å²) in [6, 6.07) is 16.2. The second-order valence-electron chi connectivity index (χ2n) is 8.61. The third kappa shape index (κ3) is 4.84. The second kappa shape index (κ2) is 9.41. The molecule has 2 aliphatic rings. The van der Waals surface area contributed by atoms with Crippen LogP contribution in [0.4, 0.5) is 4.79 Å². The highest BCUT2D eigenvalue weighted by molar-refractivity contribution is 5.80. The minimum absolute atomic E-state index is 0.0114. The fourth-order valence-electron chi connectivity index (χ4n) is 4.44. The third-order valence-electron chi connectivity index (χ3n) is 6.20. The number of carbonyl (C=O) groups excluding carboxylic acids is 2. The highest BCUT2D eigenvalue weighted by Crippen LogP contribution is 2.31. The lowest BCUT2D eigenvalue weighted by Crippen LogP contribution is -2.46. The Morgan fingerprint density at radius 3 is 2.52 bits per heavy atom. The summed E-state index contributed by atoms with van der Waals surface area (Å²) < 4.78 is 5.76. The highest BCUT2D eigenvalue weighted by atomic mass is 16.5. The molecule has 1 unspecified atom stereocenters. The topological polar surface area (TPSA) is 61.9 Å². The van der Waals surface area contributed by atoms with Crippen LogP contribution >= 0.6 is 0 Å². The van der Waals surface area contributed by atoms with Crippen molar-refractivity contribution < 1.29 is 14.3 Å². The molecule has 0 spiro atoms. The fraction of sp³-hybridized carbons (Fsp3) is 0.440. The maximum atomic E-state index is 13.2. The molecule has 1 N–H and O–H groups in total. The quantitative estimate of drug-likeness (QED) is 0.820. The molecule has 6 nitrogen and oxygen atoms in total. The van der Waals surface area contributed by atoms with E-state index in [2.05, 4.69) is 29.6 Å². The van der Waals surface area contributed by atoms with Gasteiger partial charge in [0.1, 0.15) is 5.75 Å². The zero-order valence-corrected chi connectivity index (χ0v) is 18.3. The maximum absolute atomic E-state index is 13.2. The molecular weight excluding hydrogens is 390 g/mol. The Morgan fingerprint density at radius 2 is 1.81 bits per heavy atom. The summed E-state index contributed by atoms with van der Waals surface area (Å²) >= 11 is 0. The van der Waals surface area contributed by atoms with Gasteiger partial charge in [0.25, 0.3) is 0 Å². The first-order valence-electron chi connectivity index (χ1n) is 11.1. The molecule has 31 heavy (non-hydrogen) atoms. The van der Waals surface area contributed by atoms with Gasteiger partial charge >= 0.3 is 6.03 Å². The van der Waals surface area contributed by atoms with Crippen molar-refractivity contribution in [1.82, 2.24) is 15.1 Å². The van der Waals surface area contributed by atoms with Gasteiger partial charge in [-0.3, -0.25) is 4.79 Å². The molecule has 0 aromatic heterocycles. The molecule has 0 bridgehead atoms. The van der Waals surface area contributed by atoms with E-state index in [1.54, 1.807) is 19.0 Å². The lowest BCUT2D eigenvalue weighted by Gasteiger charge is -2.34. The highest BCUT2D eigenvalue weighted by Gasteiger charge is 2.30. The number of urea groups is 1. The van der Waals surface area contributed by atoms with E-state index in [0.717, 1.165) is 36.3 Å². The summed E-state index contributed by atoms with van der Waals surface area (Å²) in [7, 11) is 3.52. The molecule has 1 atom stereocenters. The van der Waals surface area contributed by atoms with E-state index in [1.165, 1.54) is 5.56 Å². The van der Waals surface area contributed by atoms with Crippen molar-refractivity contribution >= 4 is 11.9 Å². The molecule has 0 radical (unpaired) electrons. The van der Waals surface area contributed by atoms with E-state index < -0.39 is 0 Å². The Balaban J connectivity index is 1.50. The molecule has 1 fully saturated rings. The van der Waals surface area contributed by atoms with Gasteiger partial charge < -0.3 is 19.9 Å². The lowest BCUT2D eigenvalue weighted by molar-refractivity contribution is -0.126. The zero-order chi connectivity index (χ0) is 21.8. The van der Waals surface area contributed by atoms with Crippen molar-refractivity contribution in [3.63, 3.8) is 0 Å². The van der Waals surface area contributed by atoms with Gasteiger partial charge in [0.2, 0.25) is 5.91 Å². The Bertz CT molecular complexity index is 921. The van der Waals surface area contributed by atoms with E-state index in [-0.39, 0.29) is 23.9 Å². The van der Waals surface area contributed by atoms with Crippen molar-refractivity contribution in [3.05, 3.63) is 65.2 Å². The number of carbonyl (C=O) groups is 2. The first-order chi connectivity index (χ1) is 15.0. The van der Waals surface area contributed by atoms with E-state index in [1.807, 2.05) is 29.2 Å². The summed E-state index contributed by atoms with van der Waals surface area (Å²) in [4.78, 5) is 28.8. The SMILES string of the molecule is CN(C)C(=O)N1CCC(C(=O)NC(c2ccccc2)c2ccc3c(c2)CCCO3)CC1. The molecular formula is C25H31N3O3. The Labute approximate surface area is 184 Å². The van der Waals surface area contributed by atoms with Crippen LogP contribution in [0, 0.1) is 5.92 Å². The second-order valence-corrected chi connectivity index (χ2v) is 8.61. The van der Waals surface area contributed by atoms with Gasteiger partial charge in [-0.15, -0.1) is 0 Å². The normalized spacial score (nSPS) is 17.3. The molecule has 6 heteroatoms. The summed E-state index contributed by atoms with van der Waals surface area (Å²) in [6.45, 7) is 1.99. The van der Waals surface area contributed by atoms with Crippen molar-refractivity contribution in [1.29, 1.82) is 0 Å². The molecule has 2 aromatic rings. The van der Waals surface area contributed by atoms with Crippen LogP contribution in [0.25, 0.3) is 0 Å². The number of nitrogens with one attached hydrogen (secondary N) is 1. The summed E-state index contributed by atoms with van der Waals surface area (Å²) in [5.41, 5.74) is 3.34. The van der Waals surface area contributed by atoms with Crippen molar-refractivity contribution in [2.45, 2.75) is 31.7 Å². The number of aryl methyl sites for hydroxylation is 1. The summed E-state index contributed by atoms with van der Waals surface area (Å²) in [5, 5.41) is 3.30. The standard InChI is InChI=1S/C25H31N3O3/c1-27(2)25(30)28-14-12-19(13-15-28)24(29)26-23(18-7-4-3-5-8-18)21-10-11-22-20(17-21)9-6-16-31-22/h3-5,7-8,10-11,17,19,23H,6,9,12-16H2,1-2H3,(H,26,29). The number of benzene rings is 2. The van der Waals surface area contributed by atoms with Gasteiger partial charge in [-0.2, -0.15) is 0 Å². The number of hydrogen-bond acceptors (Lipinski definition) is 3. The zero-order valence-electron chi connectivity index (χ0n) is 18.3. The van der Waals surface area contributed by atoms with Crippen LogP contribution in [-0.2, 0) is 11.2 Å². The first-order valence-corrected chi connectivity index (χ1v) is 11.1.